The Hall–Kier alpha value is -2.72. The second-order valence-corrected chi connectivity index (χ2v) is 8.74. The highest BCUT2D eigenvalue weighted by molar-refractivity contribution is 9.10. The fourth-order valence-corrected chi connectivity index (χ4v) is 3.40. The molecule has 0 heterocycles. The van der Waals surface area contributed by atoms with Gasteiger partial charge in [0.05, 0.1) is 12.4 Å². The first-order valence-corrected chi connectivity index (χ1v) is 11.5. The predicted molar refractivity (Wildman–Crippen MR) is 131 cm³/mol. The fourth-order valence-electron chi connectivity index (χ4n) is 2.64. The van der Waals surface area contributed by atoms with Crippen molar-refractivity contribution in [3.05, 3.63) is 56.5 Å². The zero-order valence-electron chi connectivity index (χ0n) is 17.2. The Morgan fingerprint density at radius 2 is 1.16 bits per heavy atom. The largest absolute Gasteiger partial charge is 0.507 e. The van der Waals surface area contributed by atoms with Crippen LogP contribution >= 0.6 is 31.9 Å². The maximum absolute atomic E-state index is 11.8. The lowest BCUT2D eigenvalue weighted by Gasteiger charge is -2.03. The molecule has 0 aromatic heterocycles. The van der Waals surface area contributed by atoms with E-state index in [0.29, 0.717) is 36.8 Å². The summed E-state index contributed by atoms with van der Waals surface area (Å²) in [5.74, 6) is -0.267. The summed E-state index contributed by atoms with van der Waals surface area (Å²) >= 11 is 6.61. The van der Waals surface area contributed by atoms with E-state index in [-0.39, 0.29) is 23.3 Å². The molecule has 2 rings (SSSR count). The SMILES string of the molecule is O=C(CCCCCCC(=O)NN=Cc1cc(Br)ccc1O)NN=Cc1cc(Br)ccc1O. The van der Waals surface area contributed by atoms with Gasteiger partial charge in [-0.15, -0.1) is 0 Å². The maximum Gasteiger partial charge on any atom is 0.240 e. The minimum absolute atomic E-state index is 0.0761. The molecule has 32 heavy (non-hydrogen) atoms. The van der Waals surface area contributed by atoms with Gasteiger partial charge < -0.3 is 10.2 Å². The molecular formula is C22H24Br2N4O4. The Bertz CT molecular complexity index is 916. The van der Waals surface area contributed by atoms with Gasteiger partial charge in [-0.05, 0) is 49.2 Å². The molecule has 0 unspecified atom stereocenters. The number of hydrazone groups is 2. The maximum atomic E-state index is 11.8. The smallest absolute Gasteiger partial charge is 0.240 e. The Labute approximate surface area is 203 Å². The van der Waals surface area contributed by atoms with Crippen molar-refractivity contribution in [1.29, 1.82) is 0 Å². The molecule has 10 heteroatoms. The lowest BCUT2D eigenvalue weighted by molar-refractivity contribution is -0.122. The van der Waals surface area contributed by atoms with Crippen molar-refractivity contribution in [3.63, 3.8) is 0 Å². The van der Waals surface area contributed by atoms with Crippen LogP contribution in [-0.2, 0) is 9.59 Å². The molecule has 0 aliphatic heterocycles. The molecule has 0 aliphatic rings. The van der Waals surface area contributed by atoms with Gasteiger partial charge in [0, 0.05) is 32.9 Å². The van der Waals surface area contributed by atoms with Crippen molar-refractivity contribution in [3.8, 4) is 11.5 Å². The lowest BCUT2D eigenvalue weighted by atomic mass is 10.1. The van der Waals surface area contributed by atoms with E-state index in [2.05, 4.69) is 52.9 Å². The zero-order valence-corrected chi connectivity index (χ0v) is 20.4. The van der Waals surface area contributed by atoms with Crippen molar-refractivity contribution < 1.29 is 19.8 Å². The van der Waals surface area contributed by atoms with Gasteiger partial charge in [-0.3, -0.25) is 9.59 Å². The second kappa shape index (κ2) is 13.6. The van der Waals surface area contributed by atoms with Crippen molar-refractivity contribution in [2.24, 2.45) is 10.2 Å². The van der Waals surface area contributed by atoms with E-state index in [1.807, 2.05) is 0 Å². The van der Waals surface area contributed by atoms with Gasteiger partial charge in [0.1, 0.15) is 11.5 Å². The number of aromatic hydroxyl groups is 2. The van der Waals surface area contributed by atoms with Crippen LogP contribution in [0.1, 0.15) is 49.7 Å². The molecule has 4 N–H and O–H groups in total. The monoisotopic (exact) mass is 566 g/mol. The van der Waals surface area contributed by atoms with E-state index in [1.54, 1.807) is 24.3 Å². The molecule has 2 aromatic carbocycles. The minimum atomic E-state index is -0.210. The summed E-state index contributed by atoms with van der Waals surface area (Å²) < 4.78 is 1.60. The molecule has 0 saturated heterocycles. The van der Waals surface area contributed by atoms with E-state index in [4.69, 9.17) is 0 Å². The minimum Gasteiger partial charge on any atom is -0.507 e. The summed E-state index contributed by atoms with van der Waals surface area (Å²) in [4.78, 5) is 23.6. The first-order valence-electron chi connectivity index (χ1n) is 9.96. The van der Waals surface area contributed by atoms with Crippen LogP contribution in [-0.4, -0.2) is 34.5 Å². The van der Waals surface area contributed by atoms with Crippen LogP contribution in [0, 0.1) is 0 Å². The van der Waals surface area contributed by atoms with Gasteiger partial charge in [-0.25, -0.2) is 10.9 Å². The number of hydrogen-bond donors (Lipinski definition) is 4. The number of carbonyl (C=O) groups is 2. The van der Waals surface area contributed by atoms with Crippen LogP contribution in [0.15, 0.2) is 55.5 Å². The number of phenolic OH excluding ortho intramolecular Hbond substituents is 2. The molecule has 2 amide bonds. The number of rotatable bonds is 11. The molecule has 0 saturated carbocycles. The second-order valence-electron chi connectivity index (χ2n) is 6.91. The van der Waals surface area contributed by atoms with Crippen molar-refractivity contribution >= 4 is 56.1 Å². The Kier molecular flexibility index (Phi) is 10.9. The van der Waals surface area contributed by atoms with E-state index < -0.39 is 0 Å². The zero-order chi connectivity index (χ0) is 23.3. The molecule has 0 aliphatic carbocycles. The molecule has 0 atom stereocenters. The standard InChI is InChI=1S/C22H24Br2N4O4/c23-17-7-9-19(29)15(11-17)13-25-27-21(31)5-3-1-2-4-6-22(32)28-26-14-16-12-18(24)8-10-20(16)30/h7-14,29-30H,1-6H2,(H,27,31)(H,28,32). The van der Waals surface area contributed by atoms with Crippen LogP contribution < -0.4 is 10.9 Å². The highest BCUT2D eigenvalue weighted by Crippen LogP contribution is 2.20. The number of carbonyl (C=O) groups excluding carboxylic acids is 2. The van der Waals surface area contributed by atoms with Crippen molar-refractivity contribution in [2.45, 2.75) is 38.5 Å². The quantitative estimate of drug-likeness (QED) is 0.180. The summed E-state index contributed by atoms with van der Waals surface area (Å²) in [7, 11) is 0. The summed E-state index contributed by atoms with van der Waals surface area (Å²) in [6.45, 7) is 0. The molecule has 8 nitrogen and oxygen atoms in total. The number of halogens is 2. The molecule has 0 fully saturated rings. The normalized spacial score (nSPS) is 11.2. The van der Waals surface area contributed by atoms with Gasteiger partial charge >= 0.3 is 0 Å². The molecular weight excluding hydrogens is 544 g/mol. The van der Waals surface area contributed by atoms with Gasteiger partial charge in [0.25, 0.3) is 0 Å². The number of unbranched alkanes of at least 4 members (excludes halogenated alkanes) is 3. The van der Waals surface area contributed by atoms with Crippen molar-refractivity contribution in [1.82, 2.24) is 10.9 Å². The van der Waals surface area contributed by atoms with Gasteiger partial charge in [-0.2, -0.15) is 10.2 Å². The van der Waals surface area contributed by atoms with Crippen LogP contribution in [0.2, 0.25) is 0 Å². The Balaban J connectivity index is 1.55. The average Bonchev–Trinajstić information content (AvgIpc) is 2.75. The van der Waals surface area contributed by atoms with Crippen molar-refractivity contribution in [2.75, 3.05) is 0 Å². The van der Waals surface area contributed by atoms with Crippen LogP contribution in [0.25, 0.3) is 0 Å². The molecule has 0 bridgehead atoms. The summed E-state index contributed by atoms with van der Waals surface area (Å²) in [5, 5.41) is 27.1. The molecule has 2 aromatic rings. The Morgan fingerprint density at radius 1 is 0.750 bits per heavy atom. The summed E-state index contributed by atoms with van der Waals surface area (Å²) in [5.41, 5.74) is 5.86. The van der Waals surface area contributed by atoms with Crippen LogP contribution in [0.4, 0.5) is 0 Å². The highest BCUT2D eigenvalue weighted by atomic mass is 79.9. The molecule has 0 radical (unpaired) electrons. The predicted octanol–water partition coefficient (Wildman–Crippen LogP) is 4.56. The van der Waals surface area contributed by atoms with E-state index in [9.17, 15) is 19.8 Å². The topological polar surface area (TPSA) is 123 Å². The third kappa shape index (κ3) is 9.61. The first kappa shape index (κ1) is 25.5. The number of amides is 2. The lowest BCUT2D eigenvalue weighted by Crippen LogP contribution is -2.17. The summed E-state index contributed by atoms with van der Waals surface area (Å²) in [6, 6.07) is 9.86. The highest BCUT2D eigenvalue weighted by Gasteiger charge is 2.03. The van der Waals surface area contributed by atoms with E-state index in [1.165, 1.54) is 24.6 Å². The number of nitrogens with zero attached hydrogens (tertiary/aromatic N) is 2. The number of hydrogen-bond acceptors (Lipinski definition) is 6. The van der Waals surface area contributed by atoms with Gasteiger partial charge in [0.15, 0.2) is 0 Å². The number of benzene rings is 2. The van der Waals surface area contributed by atoms with Crippen LogP contribution in [0.5, 0.6) is 11.5 Å². The van der Waals surface area contributed by atoms with E-state index >= 15 is 0 Å². The van der Waals surface area contributed by atoms with Gasteiger partial charge in [-0.1, -0.05) is 44.7 Å². The number of phenols is 2. The Morgan fingerprint density at radius 3 is 1.56 bits per heavy atom. The fraction of sp³-hybridized carbons (Fsp3) is 0.273. The molecule has 170 valence electrons. The van der Waals surface area contributed by atoms with Crippen LogP contribution in [0.3, 0.4) is 0 Å². The number of nitrogens with one attached hydrogen (secondary N) is 2. The molecule has 0 spiro atoms. The average molecular weight is 568 g/mol. The third-order valence-corrected chi connectivity index (χ3v) is 5.31. The van der Waals surface area contributed by atoms with Gasteiger partial charge in [0.2, 0.25) is 11.8 Å². The summed E-state index contributed by atoms with van der Waals surface area (Å²) in [6.07, 6.45) is 6.42. The first-order chi connectivity index (χ1) is 15.3. The van der Waals surface area contributed by atoms with E-state index in [0.717, 1.165) is 21.8 Å². The third-order valence-electron chi connectivity index (χ3n) is 4.32.